The van der Waals surface area contributed by atoms with Crippen LogP contribution in [0, 0.1) is 0 Å². The molecule has 0 radical (unpaired) electrons. The highest BCUT2D eigenvalue weighted by molar-refractivity contribution is 5.90. The minimum absolute atomic E-state index is 0.0246. The van der Waals surface area contributed by atoms with E-state index in [9.17, 15) is 18.3 Å². The third kappa shape index (κ3) is 2.94. The minimum atomic E-state index is -4.81. The Balaban J connectivity index is 1.61. The molecule has 2 aromatic carbocycles. The lowest BCUT2D eigenvalue weighted by Gasteiger charge is -2.48. The van der Waals surface area contributed by atoms with Crippen molar-refractivity contribution in [1.82, 2.24) is 10.2 Å². The number of nitrogens with one attached hydrogen (secondary N) is 2. The Labute approximate surface area is 176 Å². The molecule has 1 aliphatic carbocycles. The summed E-state index contributed by atoms with van der Waals surface area (Å²) in [4.78, 5) is 0. The molecule has 2 atom stereocenters. The van der Waals surface area contributed by atoms with Gasteiger partial charge < -0.3 is 19.9 Å². The second-order valence-electron chi connectivity index (χ2n) is 8.82. The van der Waals surface area contributed by atoms with Crippen molar-refractivity contribution >= 4 is 16.6 Å². The number of anilines is 1. The second-order valence-corrected chi connectivity index (χ2v) is 8.82. The van der Waals surface area contributed by atoms with Gasteiger partial charge in [-0.05, 0) is 35.6 Å². The number of hydrogen-bond donors (Lipinski definition) is 3. The summed E-state index contributed by atoms with van der Waals surface area (Å²) in [7, 11) is 0. The molecule has 2 unspecified atom stereocenters. The summed E-state index contributed by atoms with van der Waals surface area (Å²) >= 11 is 0. The summed E-state index contributed by atoms with van der Waals surface area (Å²) in [5, 5.41) is 21.8. The molecular formula is C22H22F3N3O3. The van der Waals surface area contributed by atoms with Crippen molar-refractivity contribution in [2.24, 2.45) is 0 Å². The van der Waals surface area contributed by atoms with Gasteiger partial charge in [0.05, 0.1) is 11.7 Å². The number of aromatic amines is 1. The molecule has 5 rings (SSSR count). The van der Waals surface area contributed by atoms with Crippen LogP contribution in [-0.4, -0.2) is 40.4 Å². The van der Waals surface area contributed by atoms with Gasteiger partial charge in [-0.25, -0.2) is 0 Å². The molecule has 0 bridgehead atoms. The normalized spacial score (nSPS) is 24.3. The van der Waals surface area contributed by atoms with E-state index < -0.39 is 29.5 Å². The number of rotatable bonds is 3. The molecular weight excluding hydrogens is 411 g/mol. The third-order valence-electron chi connectivity index (χ3n) is 6.38. The van der Waals surface area contributed by atoms with E-state index in [-0.39, 0.29) is 13.3 Å². The Bertz CT molecular complexity index is 1160. The molecule has 1 aliphatic heterocycles. The Morgan fingerprint density at radius 1 is 1.23 bits per heavy atom. The monoisotopic (exact) mass is 433 g/mol. The summed E-state index contributed by atoms with van der Waals surface area (Å²) in [5.41, 5.74) is -1.40. The van der Waals surface area contributed by atoms with Gasteiger partial charge in [0.2, 0.25) is 6.79 Å². The Morgan fingerprint density at radius 2 is 2.03 bits per heavy atom. The van der Waals surface area contributed by atoms with Gasteiger partial charge in [0.1, 0.15) is 0 Å². The van der Waals surface area contributed by atoms with Crippen LogP contribution in [0.5, 0.6) is 11.5 Å². The number of aliphatic hydroxyl groups is 1. The summed E-state index contributed by atoms with van der Waals surface area (Å²) in [6, 6.07) is 8.62. The molecule has 0 saturated carbocycles. The first-order valence-electron chi connectivity index (χ1n) is 10.00. The minimum Gasteiger partial charge on any atom is -0.454 e. The Kier molecular flexibility index (Phi) is 4.21. The van der Waals surface area contributed by atoms with Crippen LogP contribution in [0.2, 0.25) is 0 Å². The fourth-order valence-corrected chi connectivity index (χ4v) is 5.03. The van der Waals surface area contributed by atoms with E-state index in [0.29, 0.717) is 28.3 Å². The molecule has 0 fully saturated rings. The van der Waals surface area contributed by atoms with Crippen molar-refractivity contribution < 1.29 is 27.8 Å². The molecule has 2 heterocycles. The predicted octanol–water partition coefficient (Wildman–Crippen LogP) is 4.46. The molecule has 0 saturated heterocycles. The van der Waals surface area contributed by atoms with Crippen LogP contribution >= 0.6 is 0 Å². The van der Waals surface area contributed by atoms with Gasteiger partial charge in [-0.3, -0.25) is 5.10 Å². The van der Waals surface area contributed by atoms with Gasteiger partial charge in [0, 0.05) is 29.1 Å². The summed E-state index contributed by atoms with van der Waals surface area (Å²) < 4.78 is 53.9. The maximum absolute atomic E-state index is 14.3. The third-order valence-corrected chi connectivity index (χ3v) is 6.38. The average Bonchev–Trinajstić information content (AvgIpc) is 3.35. The molecule has 3 aromatic rings. The SMILES string of the molecule is CC1(C)CC(O)(C(F)(F)F)C(CNc2cccc3[nH]ncc23)c2ccc3c(c21)OCO3. The molecule has 2 aliphatic rings. The van der Waals surface area contributed by atoms with E-state index in [1.807, 2.05) is 6.07 Å². The zero-order valence-electron chi connectivity index (χ0n) is 17.0. The standard InChI is InChI=1S/C22H22F3N3O3/c1-20(2)10-21(29,22(23,24)25)14(12-6-7-17-19(18(12)20)31-11-30-17)9-26-15-4-3-5-16-13(15)8-27-28-16/h3-8,14,26,29H,9-11H2,1-2H3,(H,27,28). The first-order chi connectivity index (χ1) is 14.6. The quantitative estimate of drug-likeness (QED) is 0.568. The Morgan fingerprint density at radius 3 is 2.81 bits per heavy atom. The van der Waals surface area contributed by atoms with Crippen LogP contribution in [0.25, 0.3) is 10.9 Å². The number of alkyl halides is 3. The number of aromatic nitrogens is 2. The number of halogens is 3. The Hall–Kier alpha value is -2.94. The molecule has 3 N–H and O–H groups in total. The van der Waals surface area contributed by atoms with Crippen molar-refractivity contribution in [3.8, 4) is 11.5 Å². The lowest BCUT2D eigenvalue weighted by molar-refractivity contribution is -0.277. The predicted molar refractivity (Wildman–Crippen MR) is 109 cm³/mol. The van der Waals surface area contributed by atoms with Crippen LogP contribution in [0.4, 0.5) is 18.9 Å². The number of nitrogens with zero attached hydrogens (tertiary/aromatic N) is 1. The zero-order valence-corrected chi connectivity index (χ0v) is 17.0. The maximum Gasteiger partial charge on any atom is 0.417 e. The van der Waals surface area contributed by atoms with Crippen molar-refractivity contribution in [1.29, 1.82) is 0 Å². The number of ether oxygens (including phenoxy) is 2. The number of hydrogen-bond acceptors (Lipinski definition) is 5. The molecule has 9 heteroatoms. The van der Waals surface area contributed by atoms with Gasteiger partial charge in [0.15, 0.2) is 17.1 Å². The van der Waals surface area contributed by atoms with Gasteiger partial charge in [-0.2, -0.15) is 18.3 Å². The number of fused-ring (bicyclic) bond motifs is 4. The zero-order chi connectivity index (χ0) is 22.0. The highest BCUT2D eigenvalue weighted by Gasteiger charge is 2.64. The summed E-state index contributed by atoms with van der Waals surface area (Å²) in [6.45, 7) is 3.29. The van der Waals surface area contributed by atoms with Crippen LogP contribution in [0.15, 0.2) is 36.5 Å². The van der Waals surface area contributed by atoms with Crippen LogP contribution in [-0.2, 0) is 5.41 Å². The van der Waals surface area contributed by atoms with E-state index in [1.165, 1.54) is 0 Å². The van der Waals surface area contributed by atoms with Crippen LogP contribution in [0.3, 0.4) is 0 Å². The number of benzene rings is 2. The molecule has 6 nitrogen and oxygen atoms in total. The summed E-state index contributed by atoms with van der Waals surface area (Å²) in [6.07, 6.45) is -3.69. The van der Waals surface area contributed by atoms with Gasteiger partial charge >= 0.3 is 6.18 Å². The number of H-pyrrole nitrogens is 1. The summed E-state index contributed by atoms with van der Waals surface area (Å²) in [5.74, 6) is -0.264. The lowest BCUT2D eigenvalue weighted by Crippen LogP contribution is -2.58. The van der Waals surface area contributed by atoms with Crippen molar-refractivity contribution in [2.75, 3.05) is 18.7 Å². The smallest absolute Gasteiger partial charge is 0.417 e. The van der Waals surface area contributed by atoms with Crippen LogP contribution < -0.4 is 14.8 Å². The topological polar surface area (TPSA) is 79.4 Å². The average molecular weight is 433 g/mol. The highest BCUT2D eigenvalue weighted by Crippen LogP contribution is 2.58. The molecule has 0 spiro atoms. The maximum atomic E-state index is 14.3. The van der Waals surface area contributed by atoms with E-state index in [4.69, 9.17) is 9.47 Å². The fourth-order valence-electron chi connectivity index (χ4n) is 5.03. The van der Waals surface area contributed by atoms with E-state index in [1.54, 1.807) is 44.3 Å². The van der Waals surface area contributed by atoms with Crippen molar-refractivity contribution in [3.63, 3.8) is 0 Å². The molecule has 164 valence electrons. The van der Waals surface area contributed by atoms with Crippen molar-refractivity contribution in [2.45, 2.75) is 43.4 Å². The van der Waals surface area contributed by atoms with E-state index in [0.717, 1.165) is 10.9 Å². The highest BCUT2D eigenvalue weighted by atomic mass is 19.4. The van der Waals surface area contributed by atoms with Gasteiger partial charge in [-0.1, -0.05) is 26.0 Å². The fraction of sp³-hybridized carbons (Fsp3) is 0.409. The lowest BCUT2D eigenvalue weighted by atomic mass is 9.60. The molecule has 31 heavy (non-hydrogen) atoms. The molecule has 1 aromatic heterocycles. The first kappa shape index (κ1) is 20.0. The van der Waals surface area contributed by atoms with Gasteiger partial charge in [-0.15, -0.1) is 0 Å². The van der Waals surface area contributed by atoms with E-state index >= 15 is 0 Å². The van der Waals surface area contributed by atoms with Gasteiger partial charge in [0.25, 0.3) is 0 Å². The largest absolute Gasteiger partial charge is 0.454 e. The van der Waals surface area contributed by atoms with Crippen LogP contribution in [0.1, 0.15) is 37.3 Å². The molecule has 0 amide bonds. The van der Waals surface area contributed by atoms with Crippen molar-refractivity contribution in [3.05, 3.63) is 47.7 Å². The second kappa shape index (κ2) is 6.53. The first-order valence-corrected chi connectivity index (χ1v) is 10.00. The van der Waals surface area contributed by atoms with E-state index in [2.05, 4.69) is 15.5 Å².